The topological polar surface area (TPSA) is 76.3 Å². The first-order chi connectivity index (χ1) is 20.0. The number of benzene rings is 3. The molecule has 0 fully saturated rings. The van der Waals surface area contributed by atoms with Gasteiger partial charge in [-0.3, -0.25) is 14.2 Å². The summed E-state index contributed by atoms with van der Waals surface area (Å²) in [6.07, 6.45) is 4.15. The zero-order valence-corrected chi connectivity index (χ0v) is 24.6. The minimum atomic E-state index is -0.259. The second-order valence-electron chi connectivity index (χ2n) is 10.2. The Morgan fingerprint density at radius 3 is 2.44 bits per heavy atom. The van der Waals surface area contributed by atoms with Gasteiger partial charge in [0.15, 0.2) is 5.16 Å². The number of nitrogens with zero attached hydrogens (tertiary/aromatic N) is 3. The molecule has 0 aliphatic heterocycles. The smallest absolute Gasteiger partial charge is 0.267 e. The molecule has 1 N–H and O–H groups in total. The van der Waals surface area contributed by atoms with Gasteiger partial charge in [0.25, 0.3) is 11.5 Å². The summed E-state index contributed by atoms with van der Waals surface area (Å²) < 4.78 is 1.66. The largest absolute Gasteiger partial charge is 0.272 e. The average molecular weight is 579 g/mol. The summed E-state index contributed by atoms with van der Waals surface area (Å²) in [7, 11) is 0. The van der Waals surface area contributed by atoms with Crippen molar-refractivity contribution < 1.29 is 4.79 Å². The van der Waals surface area contributed by atoms with Crippen molar-refractivity contribution in [3.05, 3.63) is 111 Å². The molecule has 41 heavy (non-hydrogen) atoms. The quantitative estimate of drug-likeness (QED) is 0.0983. The van der Waals surface area contributed by atoms with E-state index >= 15 is 0 Å². The van der Waals surface area contributed by atoms with Crippen molar-refractivity contribution in [1.29, 1.82) is 0 Å². The van der Waals surface area contributed by atoms with E-state index < -0.39 is 0 Å². The normalized spacial score (nSPS) is 13.3. The van der Waals surface area contributed by atoms with Crippen molar-refractivity contribution in [2.24, 2.45) is 5.10 Å². The molecule has 1 aliphatic carbocycles. The van der Waals surface area contributed by atoms with Gasteiger partial charge < -0.3 is 0 Å². The number of aromatic nitrogens is 2. The zero-order chi connectivity index (χ0) is 28.3. The van der Waals surface area contributed by atoms with E-state index in [4.69, 9.17) is 4.98 Å². The Kier molecular flexibility index (Phi) is 7.85. The Hall–Kier alpha value is -4.01. The van der Waals surface area contributed by atoms with Crippen molar-refractivity contribution in [2.75, 3.05) is 5.75 Å². The second kappa shape index (κ2) is 11.8. The van der Waals surface area contributed by atoms with Crippen LogP contribution in [0.5, 0.6) is 0 Å². The van der Waals surface area contributed by atoms with Crippen molar-refractivity contribution in [3.8, 4) is 16.8 Å². The highest BCUT2D eigenvalue weighted by atomic mass is 32.2. The van der Waals surface area contributed by atoms with Crippen LogP contribution in [0, 0.1) is 6.92 Å². The summed E-state index contributed by atoms with van der Waals surface area (Å²) in [6, 6.07) is 26.1. The van der Waals surface area contributed by atoms with Crippen LogP contribution in [-0.2, 0) is 17.6 Å². The molecule has 8 heteroatoms. The lowest BCUT2D eigenvalue weighted by Gasteiger charge is -2.13. The first kappa shape index (κ1) is 27.2. The number of hydrogen-bond acceptors (Lipinski definition) is 6. The number of fused-ring (bicyclic) bond motifs is 3. The van der Waals surface area contributed by atoms with Gasteiger partial charge in [-0.25, -0.2) is 10.4 Å². The van der Waals surface area contributed by atoms with Crippen LogP contribution < -0.4 is 11.0 Å². The van der Waals surface area contributed by atoms with Crippen molar-refractivity contribution in [1.82, 2.24) is 15.0 Å². The van der Waals surface area contributed by atoms with Crippen molar-refractivity contribution in [2.45, 2.75) is 44.7 Å². The fourth-order valence-corrected chi connectivity index (χ4v) is 7.22. The molecule has 2 heterocycles. The van der Waals surface area contributed by atoms with Crippen molar-refractivity contribution in [3.63, 3.8) is 0 Å². The van der Waals surface area contributed by atoms with E-state index in [2.05, 4.69) is 34.8 Å². The van der Waals surface area contributed by atoms with Crippen LogP contribution in [-0.4, -0.2) is 26.9 Å². The first-order valence-electron chi connectivity index (χ1n) is 13.7. The number of carbonyl (C=O) groups is 1. The molecular formula is C33H30N4O2S2. The van der Waals surface area contributed by atoms with Crippen LogP contribution in [0.25, 0.3) is 27.0 Å². The minimum absolute atomic E-state index is 0.0611. The molecule has 0 atom stereocenters. The van der Waals surface area contributed by atoms with E-state index in [0.29, 0.717) is 10.9 Å². The third-order valence-corrected chi connectivity index (χ3v) is 9.47. The number of carbonyl (C=O) groups excluding carboxylic acids is 1. The molecule has 0 bridgehead atoms. The zero-order valence-electron chi connectivity index (χ0n) is 23.0. The maximum atomic E-state index is 13.9. The molecule has 6 rings (SSSR count). The highest BCUT2D eigenvalue weighted by molar-refractivity contribution is 7.99. The van der Waals surface area contributed by atoms with Gasteiger partial charge in [-0.2, -0.15) is 5.10 Å². The number of amides is 1. The lowest BCUT2D eigenvalue weighted by atomic mass is 9.97. The van der Waals surface area contributed by atoms with E-state index in [1.165, 1.54) is 16.6 Å². The molecule has 3 aromatic carbocycles. The van der Waals surface area contributed by atoms with Crippen LogP contribution in [0.2, 0.25) is 0 Å². The SMILES string of the molecule is CC(=NNC(=O)CSc1nc2sc3c(c2c(=O)n1-c1ccc(C)cc1)CCCC3)c1ccc(-c2ccccc2)cc1. The van der Waals surface area contributed by atoms with E-state index in [-0.39, 0.29) is 17.2 Å². The number of rotatable bonds is 7. The van der Waals surface area contributed by atoms with Crippen molar-refractivity contribution >= 4 is 44.9 Å². The van der Waals surface area contributed by atoms with E-state index in [9.17, 15) is 9.59 Å². The fraction of sp³-hybridized carbons (Fsp3) is 0.212. The molecular weight excluding hydrogens is 549 g/mol. The third-order valence-electron chi connectivity index (χ3n) is 7.34. The van der Waals surface area contributed by atoms with Gasteiger partial charge in [0.2, 0.25) is 0 Å². The number of hydrogen-bond donors (Lipinski definition) is 1. The first-order valence-corrected chi connectivity index (χ1v) is 15.5. The number of aryl methyl sites for hydroxylation is 3. The predicted molar refractivity (Wildman–Crippen MR) is 170 cm³/mol. The molecule has 0 spiro atoms. The van der Waals surface area contributed by atoms with Gasteiger partial charge in [0, 0.05) is 4.88 Å². The maximum absolute atomic E-state index is 13.9. The second-order valence-corrected chi connectivity index (χ2v) is 12.3. The van der Waals surface area contributed by atoms with E-state index in [1.54, 1.807) is 15.9 Å². The summed E-state index contributed by atoms with van der Waals surface area (Å²) in [5.41, 5.74) is 9.55. The highest BCUT2D eigenvalue weighted by Crippen LogP contribution is 2.35. The molecule has 206 valence electrons. The monoisotopic (exact) mass is 578 g/mol. The molecule has 0 radical (unpaired) electrons. The molecule has 1 amide bonds. The van der Waals surface area contributed by atoms with Crippen LogP contribution >= 0.6 is 23.1 Å². The maximum Gasteiger partial charge on any atom is 0.267 e. The Morgan fingerprint density at radius 2 is 1.68 bits per heavy atom. The van der Waals surface area contributed by atoms with Gasteiger partial charge >= 0.3 is 0 Å². The number of nitrogens with one attached hydrogen (secondary N) is 1. The predicted octanol–water partition coefficient (Wildman–Crippen LogP) is 6.93. The molecule has 2 aromatic heterocycles. The minimum Gasteiger partial charge on any atom is -0.272 e. The van der Waals surface area contributed by atoms with Gasteiger partial charge in [0.05, 0.1) is 22.5 Å². The molecule has 5 aromatic rings. The van der Waals surface area contributed by atoms with Crippen LogP contribution in [0.1, 0.15) is 41.3 Å². The molecule has 0 unspecified atom stereocenters. The summed E-state index contributed by atoms with van der Waals surface area (Å²) >= 11 is 2.87. The summed E-state index contributed by atoms with van der Waals surface area (Å²) in [6.45, 7) is 3.89. The Labute approximate surface area is 247 Å². The molecule has 6 nitrogen and oxygen atoms in total. The summed E-state index contributed by atoms with van der Waals surface area (Å²) in [5, 5.41) is 5.57. The third kappa shape index (κ3) is 5.76. The van der Waals surface area contributed by atoms with Gasteiger partial charge in [-0.15, -0.1) is 11.3 Å². The van der Waals surface area contributed by atoms with Crippen LogP contribution in [0.4, 0.5) is 0 Å². The standard InChI is InChI=1S/C33H30N4O2S2/c1-21-12-18-26(19-13-21)37-32(39)30-27-10-6-7-11-28(27)41-31(30)34-33(37)40-20-29(38)36-35-22(2)23-14-16-25(17-15-23)24-8-4-3-5-9-24/h3-5,8-9,12-19H,6-7,10-11,20H2,1-2H3,(H,36,38). The molecule has 0 saturated heterocycles. The van der Waals surface area contributed by atoms with Crippen LogP contribution in [0.15, 0.2) is 93.9 Å². The highest BCUT2D eigenvalue weighted by Gasteiger charge is 2.23. The number of hydrazone groups is 1. The van der Waals surface area contributed by atoms with Gasteiger partial charge in [-0.05, 0) is 73.9 Å². The van der Waals surface area contributed by atoms with E-state index in [0.717, 1.165) is 69.4 Å². The number of thiophene rings is 1. The lowest BCUT2D eigenvalue weighted by molar-refractivity contribution is -0.118. The Balaban J connectivity index is 1.21. The molecule has 0 saturated carbocycles. The average Bonchev–Trinajstić information content (AvgIpc) is 3.39. The summed E-state index contributed by atoms with van der Waals surface area (Å²) in [4.78, 5) is 33.7. The Bertz CT molecular complexity index is 1810. The fourth-order valence-electron chi connectivity index (χ4n) is 5.11. The van der Waals surface area contributed by atoms with Crippen LogP contribution in [0.3, 0.4) is 0 Å². The van der Waals surface area contributed by atoms with Gasteiger partial charge in [0.1, 0.15) is 4.83 Å². The summed E-state index contributed by atoms with van der Waals surface area (Å²) in [5.74, 6) is -0.177. The Morgan fingerprint density at radius 1 is 0.976 bits per heavy atom. The lowest BCUT2D eigenvalue weighted by Crippen LogP contribution is -2.24. The number of thioether (sulfide) groups is 1. The van der Waals surface area contributed by atoms with E-state index in [1.807, 2.05) is 68.4 Å². The van der Waals surface area contributed by atoms with Gasteiger partial charge in [-0.1, -0.05) is 84.1 Å². The molecule has 1 aliphatic rings.